The molecule has 2 saturated heterocycles. The number of hydrogen-bond donors (Lipinski definition) is 1. The van der Waals surface area contributed by atoms with Gasteiger partial charge in [-0.15, -0.1) is 0 Å². The van der Waals surface area contributed by atoms with Gasteiger partial charge in [-0.1, -0.05) is 6.92 Å². The number of carbonyl (C=O) groups excluding carboxylic acids is 1. The van der Waals surface area contributed by atoms with Gasteiger partial charge in [0, 0.05) is 58.1 Å². The molecule has 0 aliphatic carbocycles. The number of likely N-dealkylation sites (tertiary alicyclic amines) is 1. The second-order valence-corrected chi connectivity index (χ2v) is 7.98. The van der Waals surface area contributed by atoms with E-state index >= 15 is 0 Å². The Kier molecular flexibility index (Phi) is 7.68. The molecule has 2 fully saturated rings. The second kappa shape index (κ2) is 9.51. The highest BCUT2D eigenvalue weighted by Crippen LogP contribution is 2.14. The Balaban J connectivity index is 1.80. The predicted molar refractivity (Wildman–Crippen MR) is 103 cm³/mol. The molecule has 7 heteroatoms. The van der Waals surface area contributed by atoms with Crippen molar-refractivity contribution in [3.63, 3.8) is 0 Å². The number of rotatable bonds is 5. The standard InChI is InChI=1S/C17H33N5OS/c1-14(24-4)13-19-17(18-3)22-11-9-20(10-12-22)15(2)16(23)21-7-5-6-8-21/h14-15H,5-13H2,1-4H3,(H,18,19). The smallest absolute Gasteiger partial charge is 0.239 e. The molecule has 0 saturated carbocycles. The number of guanidine groups is 1. The molecule has 0 aromatic heterocycles. The largest absolute Gasteiger partial charge is 0.355 e. The molecular formula is C17H33N5OS. The molecule has 1 N–H and O–H groups in total. The molecule has 2 atom stereocenters. The van der Waals surface area contributed by atoms with Crippen molar-refractivity contribution in [3.8, 4) is 0 Å². The Morgan fingerprint density at radius 3 is 2.25 bits per heavy atom. The number of piperazine rings is 1. The van der Waals surface area contributed by atoms with E-state index in [1.807, 2.05) is 23.7 Å². The fourth-order valence-electron chi connectivity index (χ4n) is 3.33. The van der Waals surface area contributed by atoms with Gasteiger partial charge in [-0.05, 0) is 26.0 Å². The molecule has 2 unspecified atom stereocenters. The molecule has 2 rings (SSSR count). The summed E-state index contributed by atoms with van der Waals surface area (Å²) in [6.07, 6.45) is 4.44. The van der Waals surface area contributed by atoms with Crippen molar-refractivity contribution in [2.45, 2.75) is 38.0 Å². The number of nitrogens with one attached hydrogen (secondary N) is 1. The van der Waals surface area contributed by atoms with Crippen LogP contribution >= 0.6 is 11.8 Å². The Morgan fingerprint density at radius 1 is 1.08 bits per heavy atom. The van der Waals surface area contributed by atoms with Crippen LogP contribution in [-0.4, -0.2) is 97.0 Å². The summed E-state index contributed by atoms with van der Waals surface area (Å²) in [5.41, 5.74) is 0. The van der Waals surface area contributed by atoms with Gasteiger partial charge in [0.05, 0.1) is 6.04 Å². The number of carbonyl (C=O) groups is 1. The molecule has 24 heavy (non-hydrogen) atoms. The first-order valence-electron chi connectivity index (χ1n) is 9.08. The van der Waals surface area contributed by atoms with Crippen LogP contribution < -0.4 is 5.32 Å². The highest BCUT2D eigenvalue weighted by Gasteiger charge is 2.30. The Labute approximate surface area is 151 Å². The number of nitrogens with zero attached hydrogens (tertiary/aromatic N) is 4. The van der Waals surface area contributed by atoms with Gasteiger partial charge in [-0.25, -0.2) is 0 Å². The molecule has 2 heterocycles. The summed E-state index contributed by atoms with van der Waals surface area (Å²) in [4.78, 5) is 23.6. The molecule has 0 aromatic carbocycles. The zero-order valence-electron chi connectivity index (χ0n) is 15.6. The molecule has 0 radical (unpaired) electrons. The van der Waals surface area contributed by atoms with E-state index in [-0.39, 0.29) is 6.04 Å². The summed E-state index contributed by atoms with van der Waals surface area (Å²) in [5.74, 6) is 1.28. The van der Waals surface area contributed by atoms with Crippen LogP contribution in [0.4, 0.5) is 0 Å². The quantitative estimate of drug-likeness (QED) is 0.588. The minimum Gasteiger partial charge on any atom is -0.355 e. The van der Waals surface area contributed by atoms with Crippen LogP contribution in [0.5, 0.6) is 0 Å². The van der Waals surface area contributed by atoms with Gasteiger partial charge < -0.3 is 15.1 Å². The van der Waals surface area contributed by atoms with Gasteiger partial charge in [0.2, 0.25) is 5.91 Å². The third-order valence-corrected chi connectivity index (χ3v) is 6.07. The number of aliphatic imine (C=N–C) groups is 1. The van der Waals surface area contributed by atoms with Gasteiger partial charge in [0.1, 0.15) is 0 Å². The van der Waals surface area contributed by atoms with E-state index in [1.54, 1.807) is 0 Å². The number of hydrogen-bond acceptors (Lipinski definition) is 4. The molecule has 2 aliphatic rings. The third-order valence-electron chi connectivity index (χ3n) is 5.10. The van der Waals surface area contributed by atoms with Gasteiger partial charge in [0.15, 0.2) is 5.96 Å². The van der Waals surface area contributed by atoms with Gasteiger partial charge in [0.25, 0.3) is 0 Å². The van der Waals surface area contributed by atoms with Gasteiger partial charge in [-0.2, -0.15) is 11.8 Å². The molecule has 1 amide bonds. The predicted octanol–water partition coefficient (Wildman–Crippen LogP) is 0.942. The Hall–Kier alpha value is -0.950. The van der Waals surface area contributed by atoms with Crippen LogP contribution in [0.1, 0.15) is 26.7 Å². The fourth-order valence-corrected chi connectivity index (χ4v) is 3.58. The van der Waals surface area contributed by atoms with Crippen molar-refractivity contribution in [2.24, 2.45) is 4.99 Å². The van der Waals surface area contributed by atoms with Crippen molar-refractivity contribution in [1.29, 1.82) is 0 Å². The molecule has 6 nitrogen and oxygen atoms in total. The van der Waals surface area contributed by atoms with E-state index in [0.717, 1.165) is 64.6 Å². The van der Waals surface area contributed by atoms with Crippen LogP contribution in [0.2, 0.25) is 0 Å². The van der Waals surface area contributed by atoms with Crippen molar-refractivity contribution in [2.75, 3.05) is 59.1 Å². The van der Waals surface area contributed by atoms with E-state index in [1.165, 1.54) is 0 Å². The summed E-state index contributed by atoms with van der Waals surface area (Å²) in [7, 11) is 1.85. The minimum atomic E-state index is -0.00302. The lowest BCUT2D eigenvalue weighted by atomic mass is 10.2. The summed E-state index contributed by atoms with van der Waals surface area (Å²) in [6.45, 7) is 10.8. The molecule has 2 aliphatic heterocycles. The number of thioether (sulfide) groups is 1. The van der Waals surface area contributed by atoms with E-state index in [9.17, 15) is 4.79 Å². The van der Waals surface area contributed by atoms with Crippen molar-refractivity contribution >= 4 is 23.6 Å². The average molecular weight is 356 g/mol. The topological polar surface area (TPSA) is 51.2 Å². The first kappa shape index (κ1) is 19.4. The molecule has 138 valence electrons. The van der Waals surface area contributed by atoms with Crippen molar-refractivity contribution < 1.29 is 4.79 Å². The maximum Gasteiger partial charge on any atom is 0.239 e. The van der Waals surface area contributed by atoms with E-state index < -0.39 is 0 Å². The maximum atomic E-state index is 12.6. The maximum absolute atomic E-state index is 12.6. The average Bonchev–Trinajstić information content (AvgIpc) is 3.16. The Bertz CT molecular complexity index is 431. The van der Waals surface area contributed by atoms with Crippen molar-refractivity contribution in [3.05, 3.63) is 0 Å². The van der Waals surface area contributed by atoms with Crippen LogP contribution in [0, 0.1) is 0 Å². The fraction of sp³-hybridized carbons (Fsp3) is 0.882. The van der Waals surface area contributed by atoms with E-state index in [4.69, 9.17) is 0 Å². The number of amides is 1. The van der Waals surface area contributed by atoms with Gasteiger partial charge >= 0.3 is 0 Å². The van der Waals surface area contributed by atoms with E-state index in [0.29, 0.717) is 11.2 Å². The van der Waals surface area contributed by atoms with E-state index in [2.05, 4.69) is 40.2 Å². The van der Waals surface area contributed by atoms with Crippen LogP contribution in [0.3, 0.4) is 0 Å². The summed E-state index contributed by atoms with van der Waals surface area (Å²) in [6, 6.07) is -0.00302. The Morgan fingerprint density at radius 2 is 1.71 bits per heavy atom. The highest BCUT2D eigenvalue weighted by atomic mass is 32.2. The first-order valence-corrected chi connectivity index (χ1v) is 10.4. The monoisotopic (exact) mass is 355 g/mol. The molecule has 0 spiro atoms. The first-order chi connectivity index (χ1) is 11.6. The normalized spacial score (nSPS) is 22.6. The van der Waals surface area contributed by atoms with Crippen LogP contribution in [0.15, 0.2) is 4.99 Å². The zero-order chi connectivity index (χ0) is 17.5. The van der Waals surface area contributed by atoms with Crippen LogP contribution in [0.25, 0.3) is 0 Å². The van der Waals surface area contributed by atoms with Crippen LogP contribution in [-0.2, 0) is 4.79 Å². The lowest BCUT2D eigenvalue weighted by molar-refractivity contribution is -0.135. The summed E-state index contributed by atoms with van der Waals surface area (Å²) >= 11 is 1.86. The van der Waals surface area contributed by atoms with Crippen molar-refractivity contribution in [1.82, 2.24) is 20.0 Å². The summed E-state index contributed by atoms with van der Waals surface area (Å²) < 4.78 is 0. The molecule has 0 bridgehead atoms. The lowest BCUT2D eigenvalue weighted by Crippen LogP contribution is -2.57. The highest BCUT2D eigenvalue weighted by molar-refractivity contribution is 7.99. The van der Waals surface area contributed by atoms with Gasteiger partial charge in [-0.3, -0.25) is 14.7 Å². The molecular weight excluding hydrogens is 322 g/mol. The molecule has 0 aromatic rings. The second-order valence-electron chi connectivity index (χ2n) is 6.71. The SMILES string of the molecule is CN=C(NCC(C)SC)N1CCN(C(C)C(=O)N2CCCC2)CC1. The lowest BCUT2D eigenvalue weighted by Gasteiger charge is -2.39. The third kappa shape index (κ3) is 5.02. The minimum absolute atomic E-state index is 0.00302. The zero-order valence-corrected chi connectivity index (χ0v) is 16.4. The summed E-state index contributed by atoms with van der Waals surface area (Å²) in [5, 5.41) is 4.03.